The van der Waals surface area contributed by atoms with Crippen molar-refractivity contribution < 1.29 is 23.8 Å². The largest absolute Gasteiger partial charge is 0.496 e. The molecular weight excluding hydrogens is 514 g/mol. The van der Waals surface area contributed by atoms with Crippen LogP contribution in [0.3, 0.4) is 0 Å². The number of anilines is 1. The minimum absolute atomic E-state index is 0.0619. The molecule has 1 aliphatic heterocycles. The second-order valence-corrected chi connectivity index (χ2v) is 10.7. The molecule has 0 radical (unpaired) electrons. The maximum atomic E-state index is 13.0. The van der Waals surface area contributed by atoms with Crippen molar-refractivity contribution in [1.82, 2.24) is 0 Å². The third-order valence-electron chi connectivity index (χ3n) is 7.06. The summed E-state index contributed by atoms with van der Waals surface area (Å²) in [6.07, 6.45) is 2.17. The first-order valence-corrected chi connectivity index (χ1v) is 13.5. The molecule has 1 N–H and O–H groups in total. The van der Waals surface area contributed by atoms with Gasteiger partial charge < -0.3 is 19.5 Å². The standard InChI is InChI=1S/C35H33NO5/c1-22-11-13-25(14-12-22)33(37)40-21-29-27(17-18-30-32(29)23(2)20-35(3,4)36-30)28-16-15-26(19-31(28)39-5)41-34(38)24-9-7-6-8-10-24/h6-20,36H,21H2,1-5H3. The highest BCUT2D eigenvalue weighted by molar-refractivity contribution is 5.92. The Labute approximate surface area is 240 Å². The number of hydrogen-bond acceptors (Lipinski definition) is 6. The second-order valence-electron chi connectivity index (χ2n) is 10.7. The molecule has 0 saturated carbocycles. The van der Waals surface area contributed by atoms with Crippen molar-refractivity contribution in [1.29, 1.82) is 0 Å². The van der Waals surface area contributed by atoms with Gasteiger partial charge in [-0.15, -0.1) is 0 Å². The van der Waals surface area contributed by atoms with Crippen molar-refractivity contribution in [3.05, 3.63) is 119 Å². The van der Waals surface area contributed by atoms with E-state index in [0.29, 0.717) is 22.6 Å². The molecule has 0 fully saturated rings. The van der Waals surface area contributed by atoms with Crippen LogP contribution in [0.5, 0.6) is 11.5 Å². The quantitative estimate of drug-likeness (QED) is 0.188. The van der Waals surface area contributed by atoms with Crippen LogP contribution < -0.4 is 14.8 Å². The average molecular weight is 548 g/mol. The van der Waals surface area contributed by atoms with Crippen LogP contribution in [0.15, 0.2) is 91.0 Å². The molecule has 6 nitrogen and oxygen atoms in total. The van der Waals surface area contributed by atoms with Crippen molar-refractivity contribution >= 4 is 23.2 Å². The monoisotopic (exact) mass is 547 g/mol. The number of fused-ring (bicyclic) bond motifs is 1. The predicted molar refractivity (Wildman–Crippen MR) is 161 cm³/mol. The van der Waals surface area contributed by atoms with Crippen LogP contribution in [0.4, 0.5) is 5.69 Å². The lowest BCUT2D eigenvalue weighted by atomic mass is 9.85. The molecule has 6 heteroatoms. The van der Waals surface area contributed by atoms with E-state index in [-0.39, 0.29) is 12.1 Å². The minimum atomic E-state index is -0.452. The number of benzene rings is 4. The van der Waals surface area contributed by atoms with Crippen LogP contribution in [0.25, 0.3) is 16.7 Å². The van der Waals surface area contributed by atoms with Gasteiger partial charge in [-0.05, 0) is 81.3 Å². The number of aryl methyl sites for hydroxylation is 1. The molecule has 0 aromatic heterocycles. The number of carbonyl (C=O) groups is 2. The summed E-state index contributed by atoms with van der Waals surface area (Å²) < 4.78 is 17.3. The summed E-state index contributed by atoms with van der Waals surface area (Å²) in [6, 6.07) is 25.5. The number of carbonyl (C=O) groups excluding carboxylic acids is 2. The molecule has 0 spiro atoms. The molecule has 0 unspecified atom stereocenters. The summed E-state index contributed by atoms with van der Waals surface area (Å²) in [5, 5.41) is 3.58. The van der Waals surface area contributed by atoms with Gasteiger partial charge in [0.05, 0.1) is 23.8 Å². The molecule has 0 atom stereocenters. The van der Waals surface area contributed by atoms with Gasteiger partial charge in [-0.1, -0.05) is 48.0 Å². The number of allylic oxidation sites excluding steroid dienone is 1. The summed E-state index contributed by atoms with van der Waals surface area (Å²) in [7, 11) is 1.58. The Kier molecular flexibility index (Phi) is 7.66. The van der Waals surface area contributed by atoms with Gasteiger partial charge in [-0.2, -0.15) is 0 Å². The van der Waals surface area contributed by atoms with E-state index >= 15 is 0 Å². The summed E-state index contributed by atoms with van der Waals surface area (Å²) >= 11 is 0. The van der Waals surface area contributed by atoms with E-state index in [1.54, 1.807) is 55.6 Å². The van der Waals surface area contributed by atoms with Crippen molar-refractivity contribution in [2.45, 2.75) is 39.8 Å². The second kappa shape index (κ2) is 11.3. The van der Waals surface area contributed by atoms with Crippen LogP contribution in [0.2, 0.25) is 0 Å². The van der Waals surface area contributed by atoms with E-state index in [2.05, 4.69) is 32.2 Å². The first-order chi connectivity index (χ1) is 19.6. The first-order valence-electron chi connectivity index (χ1n) is 13.5. The van der Waals surface area contributed by atoms with Crippen LogP contribution in [0, 0.1) is 6.92 Å². The maximum absolute atomic E-state index is 13.0. The van der Waals surface area contributed by atoms with Crippen LogP contribution >= 0.6 is 0 Å². The lowest BCUT2D eigenvalue weighted by Gasteiger charge is -2.33. The molecule has 208 valence electrons. The van der Waals surface area contributed by atoms with Gasteiger partial charge in [-0.3, -0.25) is 0 Å². The van der Waals surface area contributed by atoms with Gasteiger partial charge >= 0.3 is 11.9 Å². The molecule has 1 aliphatic rings. The SMILES string of the molecule is COc1cc(OC(=O)c2ccccc2)ccc1-c1ccc2c(c1COC(=O)c1ccc(C)cc1)C(C)=CC(C)(C)N2. The fraction of sp³-hybridized carbons (Fsp3) is 0.200. The molecule has 0 aliphatic carbocycles. The number of methoxy groups -OCH3 is 1. The fourth-order valence-corrected chi connectivity index (χ4v) is 5.21. The smallest absolute Gasteiger partial charge is 0.343 e. The maximum Gasteiger partial charge on any atom is 0.343 e. The van der Waals surface area contributed by atoms with Gasteiger partial charge in [0, 0.05) is 28.4 Å². The summed E-state index contributed by atoms with van der Waals surface area (Å²) in [5.74, 6) is 0.0474. The molecular formula is C35H33NO5. The Morgan fingerprint density at radius 1 is 0.805 bits per heavy atom. The highest BCUT2D eigenvalue weighted by Gasteiger charge is 2.27. The van der Waals surface area contributed by atoms with Gasteiger partial charge in [-0.25, -0.2) is 9.59 Å². The Morgan fingerprint density at radius 2 is 1.49 bits per heavy atom. The molecule has 5 rings (SSSR count). The molecule has 41 heavy (non-hydrogen) atoms. The van der Waals surface area contributed by atoms with E-state index in [0.717, 1.165) is 39.1 Å². The molecule has 4 aromatic rings. The highest BCUT2D eigenvalue weighted by Crippen LogP contribution is 2.43. The van der Waals surface area contributed by atoms with Gasteiger partial charge in [0.2, 0.25) is 0 Å². The van der Waals surface area contributed by atoms with Crippen molar-refractivity contribution in [2.24, 2.45) is 0 Å². The number of ether oxygens (including phenoxy) is 3. The predicted octanol–water partition coefficient (Wildman–Crippen LogP) is 7.85. The third-order valence-corrected chi connectivity index (χ3v) is 7.06. The highest BCUT2D eigenvalue weighted by atomic mass is 16.5. The topological polar surface area (TPSA) is 73.9 Å². The first kappa shape index (κ1) is 27.7. The Hall–Kier alpha value is -4.84. The lowest BCUT2D eigenvalue weighted by molar-refractivity contribution is 0.0473. The van der Waals surface area contributed by atoms with Crippen LogP contribution in [-0.2, 0) is 11.3 Å². The van der Waals surface area contributed by atoms with Gasteiger partial charge in [0.25, 0.3) is 0 Å². The number of esters is 2. The van der Waals surface area contributed by atoms with Crippen LogP contribution in [0.1, 0.15) is 58.2 Å². The van der Waals surface area contributed by atoms with Crippen molar-refractivity contribution in [3.8, 4) is 22.6 Å². The fourth-order valence-electron chi connectivity index (χ4n) is 5.21. The molecule has 4 aromatic carbocycles. The van der Waals surface area contributed by atoms with Crippen LogP contribution in [-0.4, -0.2) is 24.6 Å². The zero-order chi connectivity index (χ0) is 29.1. The van der Waals surface area contributed by atoms with Crippen molar-refractivity contribution in [3.63, 3.8) is 0 Å². The Bertz CT molecular complexity index is 1640. The lowest BCUT2D eigenvalue weighted by Crippen LogP contribution is -2.32. The van der Waals surface area contributed by atoms with Crippen molar-refractivity contribution in [2.75, 3.05) is 12.4 Å². The Balaban J connectivity index is 1.53. The normalized spacial score (nSPS) is 13.3. The minimum Gasteiger partial charge on any atom is -0.496 e. The van der Waals surface area contributed by atoms with E-state index in [4.69, 9.17) is 14.2 Å². The molecule has 0 amide bonds. The average Bonchev–Trinajstić information content (AvgIpc) is 2.95. The summed E-state index contributed by atoms with van der Waals surface area (Å²) in [5.41, 5.74) is 7.33. The van der Waals surface area contributed by atoms with E-state index in [1.807, 2.05) is 43.3 Å². The number of hydrogen-bond donors (Lipinski definition) is 1. The van der Waals surface area contributed by atoms with Gasteiger partial charge in [0.15, 0.2) is 0 Å². The zero-order valence-electron chi connectivity index (χ0n) is 23.9. The van der Waals surface area contributed by atoms with E-state index in [9.17, 15) is 9.59 Å². The number of nitrogens with one attached hydrogen (secondary N) is 1. The van der Waals surface area contributed by atoms with E-state index < -0.39 is 11.9 Å². The summed E-state index contributed by atoms with van der Waals surface area (Å²) in [4.78, 5) is 25.6. The van der Waals surface area contributed by atoms with Gasteiger partial charge in [0.1, 0.15) is 18.1 Å². The molecule has 0 bridgehead atoms. The van der Waals surface area contributed by atoms with E-state index in [1.165, 1.54) is 0 Å². The third kappa shape index (κ3) is 6.02. The molecule has 1 heterocycles. The molecule has 0 saturated heterocycles. The Morgan fingerprint density at radius 3 is 2.20 bits per heavy atom. The zero-order valence-corrected chi connectivity index (χ0v) is 23.9. The summed E-state index contributed by atoms with van der Waals surface area (Å²) in [6.45, 7) is 8.33. The number of rotatable bonds is 7.